The van der Waals surface area contributed by atoms with Crippen molar-refractivity contribution in [2.75, 3.05) is 27.4 Å². The smallest absolute Gasteiger partial charge is 0.188 e. The van der Waals surface area contributed by atoms with Crippen molar-refractivity contribution in [3.63, 3.8) is 0 Å². The molecule has 0 saturated heterocycles. The lowest BCUT2D eigenvalue weighted by molar-refractivity contribution is 0.121. The van der Waals surface area contributed by atoms with Crippen LogP contribution in [0.25, 0.3) is 0 Å². The summed E-state index contributed by atoms with van der Waals surface area (Å²) < 4.78 is 16.2. The normalized spacial score (nSPS) is 11.3. The molecule has 6 heteroatoms. The van der Waals surface area contributed by atoms with Crippen LogP contribution in [0, 0.1) is 0 Å². The van der Waals surface area contributed by atoms with Gasteiger partial charge >= 0.3 is 0 Å². The van der Waals surface area contributed by atoms with Gasteiger partial charge in [0.2, 0.25) is 0 Å². The Kier molecular flexibility index (Phi) is 9.15. The molecule has 2 aromatic carbocycles. The third-order valence-corrected chi connectivity index (χ3v) is 4.31. The molecule has 0 unspecified atom stereocenters. The van der Waals surface area contributed by atoms with Gasteiger partial charge in [0.25, 0.3) is 0 Å². The first-order chi connectivity index (χ1) is 13.7. The highest BCUT2D eigenvalue weighted by atomic mass is 16.5. The first kappa shape index (κ1) is 21.6. The van der Waals surface area contributed by atoms with Crippen molar-refractivity contribution in [3.8, 4) is 11.5 Å². The molecule has 6 nitrogen and oxygen atoms in total. The maximum Gasteiger partial charge on any atom is 0.188 e. The van der Waals surface area contributed by atoms with Gasteiger partial charge in [0.05, 0.1) is 27.4 Å². The molecular formula is C22H31N3O3. The van der Waals surface area contributed by atoms with Crippen molar-refractivity contribution in [3.05, 3.63) is 59.2 Å². The van der Waals surface area contributed by atoms with Crippen LogP contribution in [0.15, 0.2) is 47.5 Å². The van der Waals surface area contributed by atoms with Crippen molar-refractivity contribution in [2.24, 2.45) is 10.7 Å². The second kappa shape index (κ2) is 11.9. The van der Waals surface area contributed by atoms with Crippen LogP contribution in [0.4, 0.5) is 0 Å². The Hall–Kier alpha value is -2.73. The molecule has 2 aromatic rings. The van der Waals surface area contributed by atoms with Gasteiger partial charge in [-0.05, 0) is 41.7 Å². The molecule has 0 aliphatic heterocycles. The predicted octanol–water partition coefficient (Wildman–Crippen LogP) is 3.28. The van der Waals surface area contributed by atoms with E-state index in [0.29, 0.717) is 25.7 Å². The molecule has 0 spiro atoms. The van der Waals surface area contributed by atoms with E-state index in [4.69, 9.17) is 19.9 Å². The zero-order valence-corrected chi connectivity index (χ0v) is 17.0. The number of nitrogens with two attached hydrogens (primary N) is 1. The fraction of sp³-hybridized carbons (Fsp3) is 0.409. The van der Waals surface area contributed by atoms with Gasteiger partial charge in [-0.25, -0.2) is 4.99 Å². The molecule has 0 aliphatic rings. The lowest BCUT2D eigenvalue weighted by atomic mass is 10.1. The Morgan fingerprint density at radius 3 is 2.50 bits per heavy atom. The SMILES string of the molecule is CCCOCc1ccccc1CN=C(N)NCCc1ccc(OC)c(OC)c1. The lowest BCUT2D eigenvalue weighted by Crippen LogP contribution is -2.33. The van der Waals surface area contributed by atoms with E-state index < -0.39 is 0 Å². The van der Waals surface area contributed by atoms with Crippen molar-refractivity contribution >= 4 is 5.96 Å². The highest BCUT2D eigenvalue weighted by Crippen LogP contribution is 2.27. The summed E-state index contributed by atoms with van der Waals surface area (Å²) in [7, 11) is 3.26. The Balaban J connectivity index is 1.85. The average molecular weight is 386 g/mol. The van der Waals surface area contributed by atoms with E-state index in [0.717, 1.165) is 47.6 Å². The number of aliphatic imine (C=N–C) groups is 1. The van der Waals surface area contributed by atoms with Crippen LogP contribution in [0.1, 0.15) is 30.0 Å². The van der Waals surface area contributed by atoms with Crippen LogP contribution < -0.4 is 20.5 Å². The van der Waals surface area contributed by atoms with Crippen LogP contribution in [0.3, 0.4) is 0 Å². The van der Waals surface area contributed by atoms with Gasteiger partial charge in [0.15, 0.2) is 17.5 Å². The maximum absolute atomic E-state index is 6.02. The Bertz CT molecular complexity index is 762. The van der Waals surface area contributed by atoms with Crippen molar-refractivity contribution in [1.82, 2.24) is 5.32 Å². The number of ether oxygens (including phenoxy) is 3. The molecular weight excluding hydrogens is 354 g/mol. The third kappa shape index (κ3) is 6.78. The maximum atomic E-state index is 6.02. The van der Waals surface area contributed by atoms with E-state index >= 15 is 0 Å². The molecule has 3 N–H and O–H groups in total. The van der Waals surface area contributed by atoms with Crippen molar-refractivity contribution in [1.29, 1.82) is 0 Å². The highest BCUT2D eigenvalue weighted by Gasteiger charge is 2.05. The molecule has 2 rings (SSSR count). The minimum absolute atomic E-state index is 0.435. The van der Waals surface area contributed by atoms with Crippen LogP contribution in [-0.4, -0.2) is 33.3 Å². The summed E-state index contributed by atoms with van der Waals surface area (Å²) in [6, 6.07) is 14.1. The van der Waals surface area contributed by atoms with E-state index in [1.165, 1.54) is 0 Å². The van der Waals surface area contributed by atoms with Crippen LogP contribution in [0.5, 0.6) is 11.5 Å². The number of benzene rings is 2. The third-order valence-electron chi connectivity index (χ3n) is 4.31. The first-order valence-corrected chi connectivity index (χ1v) is 9.57. The number of methoxy groups -OCH3 is 2. The molecule has 152 valence electrons. The van der Waals surface area contributed by atoms with E-state index in [1.807, 2.05) is 30.3 Å². The molecule has 0 heterocycles. The van der Waals surface area contributed by atoms with E-state index in [2.05, 4.69) is 29.4 Å². The number of hydrogen-bond donors (Lipinski definition) is 2. The summed E-state index contributed by atoms with van der Waals surface area (Å²) in [6.45, 7) is 4.68. The molecule has 0 fully saturated rings. The molecule has 0 aromatic heterocycles. The Morgan fingerprint density at radius 1 is 1.04 bits per heavy atom. The standard InChI is InChI=1S/C22H31N3O3/c1-4-13-28-16-19-8-6-5-7-18(19)15-25-22(23)24-12-11-17-9-10-20(26-2)21(14-17)27-3/h5-10,14H,4,11-13,15-16H2,1-3H3,(H3,23,24,25). The van der Waals surface area contributed by atoms with Crippen molar-refractivity contribution < 1.29 is 14.2 Å². The molecule has 0 amide bonds. The van der Waals surface area contributed by atoms with Crippen LogP contribution in [0.2, 0.25) is 0 Å². The molecule has 0 bridgehead atoms. The molecule has 0 atom stereocenters. The summed E-state index contributed by atoms with van der Waals surface area (Å²) >= 11 is 0. The van der Waals surface area contributed by atoms with Gasteiger partial charge < -0.3 is 25.3 Å². The van der Waals surface area contributed by atoms with Gasteiger partial charge in [-0.15, -0.1) is 0 Å². The van der Waals surface area contributed by atoms with E-state index in [9.17, 15) is 0 Å². The van der Waals surface area contributed by atoms with Crippen LogP contribution in [-0.2, 0) is 24.3 Å². The number of rotatable bonds is 11. The highest BCUT2D eigenvalue weighted by molar-refractivity contribution is 5.77. The number of nitrogens with zero attached hydrogens (tertiary/aromatic N) is 1. The van der Waals surface area contributed by atoms with Gasteiger partial charge in [-0.3, -0.25) is 0 Å². The van der Waals surface area contributed by atoms with Gasteiger partial charge in [0, 0.05) is 13.2 Å². The monoisotopic (exact) mass is 385 g/mol. The topological polar surface area (TPSA) is 78.1 Å². The second-order valence-corrected chi connectivity index (χ2v) is 6.39. The van der Waals surface area contributed by atoms with Gasteiger partial charge in [0.1, 0.15) is 0 Å². The predicted molar refractivity (Wildman–Crippen MR) is 113 cm³/mol. The van der Waals surface area contributed by atoms with E-state index in [1.54, 1.807) is 14.2 Å². The average Bonchev–Trinajstić information content (AvgIpc) is 2.73. The molecule has 28 heavy (non-hydrogen) atoms. The first-order valence-electron chi connectivity index (χ1n) is 9.57. The minimum Gasteiger partial charge on any atom is -0.493 e. The fourth-order valence-corrected chi connectivity index (χ4v) is 2.78. The Morgan fingerprint density at radius 2 is 1.79 bits per heavy atom. The van der Waals surface area contributed by atoms with Crippen LogP contribution >= 0.6 is 0 Å². The number of guanidine groups is 1. The largest absolute Gasteiger partial charge is 0.493 e. The number of hydrogen-bond acceptors (Lipinski definition) is 4. The zero-order chi connectivity index (χ0) is 20.2. The quantitative estimate of drug-likeness (QED) is 0.353. The van der Waals surface area contributed by atoms with Gasteiger partial charge in [-0.2, -0.15) is 0 Å². The van der Waals surface area contributed by atoms with Gasteiger partial charge in [-0.1, -0.05) is 37.3 Å². The summed E-state index contributed by atoms with van der Waals surface area (Å²) in [5.41, 5.74) is 9.44. The number of nitrogens with one attached hydrogen (secondary N) is 1. The second-order valence-electron chi connectivity index (χ2n) is 6.39. The minimum atomic E-state index is 0.435. The summed E-state index contributed by atoms with van der Waals surface area (Å²) in [5.74, 6) is 1.88. The summed E-state index contributed by atoms with van der Waals surface area (Å²) in [6.07, 6.45) is 1.81. The van der Waals surface area contributed by atoms with E-state index in [-0.39, 0.29) is 0 Å². The summed E-state index contributed by atoms with van der Waals surface area (Å²) in [4.78, 5) is 4.46. The lowest BCUT2D eigenvalue weighted by Gasteiger charge is -2.11. The molecule has 0 saturated carbocycles. The summed E-state index contributed by atoms with van der Waals surface area (Å²) in [5, 5.41) is 3.16. The Labute approximate surface area is 167 Å². The zero-order valence-electron chi connectivity index (χ0n) is 17.0. The molecule has 0 aliphatic carbocycles. The van der Waals surface area contributed by atoms with Crippen molar-refractivity contribution in [2.45, 2.75) is 32.9 Å². The molecule has 0 radical (unpaired) electrons. The fourth-order valence-electron chi connectivity index (χ4n) is 2.78.